The van der Waals surface area contributed by atoms with Gasteiger partial charge < -0.3 is 11.1 Å². The standard InChI is InChI=1S/C11H15FN4O2/c1-7(13)10(17)15-16-11(18)14-6-8-3-2-4-9(12)5-8/h2-5,7H,6,13H2,1H3,(H,15,17)(H2,14,16,18)/t7-/m1/s1. The number of halogens is 1. The summed E-state index contributed by atoms with van der Waals surface area (Å²) in [5.41, 5.74) is 10.1. The lowest BCUT2D eigenvalue weighted by Crippen LogP contribution is -2.51. The van der Waals surface area contributed by atoms with Crippen molar-refractivity contribution >= 4 is 11.9 Å². The highest BCUT2D eigenvalue weighted by molar-refractivity contribution is 5.84. The molecule has 0 radical (unpaired) electrons. The number of carbonyl (C=O) groups excluding carboxylic acids is 2. The number of carbonyl (C=O) groups is 2. The van der Waals surface area contributed by atoms with Gasteiger partial charge in [0.05, 0.1) is 6.04 Å². The Kier molecular flexibility index (Phi) is 5.06. The fourth-order valence-electron chi connectivity index (χ4n) is 1.11. The molecule has 1 atom stereocenters. The monoisotopic (exact) mass is 254 g/mol. The van der Waals surface area contributed by atoms with Crippen molar-refractivity contribution in [1.29, 1.82) is 0 Å². The van der Waals surface area contributed by atoms with Crippen molar-refractivity contribution in [1.82, 2.24) is 16.2 Å². The topological polar surface area (TPSA) is 96.2 Å². The second-order valence-electron chi connectivity index (χ2n) is 3.72. The van der Waals surface area contributed by atoms with Crippen molar-refractivity contribution in [3.05, 3.63) is 35.6 Å². The van der Waals surface area contributed by atoms with Gasteiger partial charge in [-0.1, -0.05) is 12.1 Å². The molecule has 0 saturated carbocycles. The largest absolute Gasteiger partial charge is 0.333 e. The van der Waals surface area contributed by atoms with Crippen molar-refractivity contribution in [3.63, 3.8) is 0 Å². The van der Waals surface area contributed by atoms with Gasteiger partial charge in [-0.2, -0.15) is 0 Å². The smallest absolute Gasteiger partial charge is 0.333 e. The first-order valence-corrected chi connectivity index (χ1v) is 5.33. The Morgan fingerprint density at radius 2 is 2.11 bits per heavy atom. The Hall–Kier alpha value is -2.15. The van der Waals surface area contributed by atoms with Crippen LogP contribution in [0.3, 0.4) is 0 Å². The molecule has 1 aromatic carbocycles. The highest BCUT2D eigenvalue weighted by Crippen LogP contribution is 2.02. The van der Waals surface area contributed by atoms with Crippen LogP contribution in [0.15, 0.2) is 24.3 Å². The van der Waals surface area contributed by atoms with Gasteiger partial charge in [0.25, 0.3) is 5.91 Å². The third kappa shape index (κ3) is 4.79. The summed E-state index contributed by atoms with van der Waals surface area (Å²) in [6.45, 7) is 1.64. The molecular weight excluding hydrogens is 239 g/mol. The van der Waals surface area contributed by atoms with Crippen LogP contribution in [0, 0.1) is 5.82 Å². The van der Waals surface area contributed by atoms with Crippen LogP contribution >= 0.6 is 0 Å². The molecule has 3 amide bonds. The van der Waals surface area contributed by atoms with Crippen molar-refractivity contribution in [3.8, 4) is 0 Å². The molecule has 0 fully saturated rings. The molecule has 18 heavy (non-hydrogen) atoms. The highest BCUT2D eigenvalue weighted by Gasteiger charge is 2.07. The maximum Gasteiger partial charge on any atom is 0.333 e. The molecule has 0 aliphatic carbocycles. The van der Waals surface area contributed by atoms with E-state index in [9.17, 15) is 14.0 Å². The number of rotatable bonds is 3. The molecule has 7 heteroatoms. The fraction of sp³-hybridized carbons (Fsp3) is 0.273. The summed E-state index contributed by atoms with van der Waals surface area (Å²) in [5.74, 6) is -0.879. The normalized spacial score (nSPS) is 11.5. The lowest BCUT2D eigenvalue weighted by molar-refractivity contribution is -0.122. The Morgan fingerprint density at radius 1 is 1.39 bits per heavy atom. The van der Waals surface area contributed by atoms with E-state index in [1.807, 2.05) is 0 Å². The first-order valence-electron chi connectivity index (χ1n) is 5.33. The average Bonchev–Trinajstić information content (AvgIpc) is 2.33. The lowest BCUT2D eigenvalue weighted by atomic mass is 10.2. The van der Waals surface area contributed by atoms with Crippen molar-refractivity contribution in [2.24, 2.45) is 5.73 Å². The average molecular weight is 254 g/mol. The van der Waals surface area contributed by atoms with Crippen LogP contribution in [-0.2, 0) is 11.3 Å². The number of nitrogens with two attached hydrogens (primary N) is 1. The third-order valence-electron chi connectivity index (χ3n) is 2.05. The number of benzene rings is 1. The number of amides is 3. The number of hydrazine groups is 1. The van der Waals surface area contributed by atoms with Gasteiger partial charge >= 0.3 is 6.03 Å². The number of hydrogen-bond donors (Lipinski definition) is 4. The zero-order valence-electron chi connectivity index (χ0n) is 9.87. The quantitative estimate of drug-likeness (QED) is 0.572. The van der Waals surface area contributed by atoms with E-state index in [2.05, 4.69) is 16.2 Å². The zero-order valence-corrected chi connectivity index (χ0v) is 9.87. The number of hydrogen-bond acceptors (Lipinski definition) is 3. The van der Waals surface area contributed by atoms with E-state index in [0.29, 0.717) is 5.56 Å². The molecule has 1 aromatic rings. The first kappa shape index (κ1) is 13.9. The van der Waals surface area contributed by atoms with E-state index in [-0.39, 0.29) is 12.4 Å². The highest BCUT2D eigenvalue weighted by atomic mass is 19.1. The number of nitrogens with one attached hydrogen (secondary N) is 3. The van der Waals surface area contributed by atoms with Crippen LogP contribution in [-0.4, -0.2) is 18.0 Å². The maximum atomic E-state index is 12.8. The first-order chi connectivity index (χ1) is 8.49. The summed E-state index contributed by atoms with van der Waals surface area (Å²) in [6, 6.07) is 4.51. The third-order valence-corrected chi connectivity index (χ3v) is 2.05. The molecule has 5 N–H and O–H groups in total. The van der Waals surface area contributed by atoms with E-state index in [0.717, 1.165) is 0 Å². The van der Waals surface area contributed by atoms with Gasteiger partial charge in [0.2, 0.25) is 0 Å². The Bertz CT molecular complexity index is 437. The summed E-state index contributed by atoms with van der Waals surface area (Å²) in [4.78, 5) is 22.3. The van der Waals surface area contributed by atoms with Crippen LogP contribution in [0.4, 0.5) is 9.18 Å². The summed E-state index contributed by atoms with van der Waals surface area (Å²) >= 11 is 0. The molecule has 0 aliphatic heterocycles. The van der Waals surface area contributed by atoms with Crippen LogP contribution in [0.5, 0.6) is 0 Å². The van der Waals surface area contributed by atoms with Gasteiger partial charge in [-0.3, -0.25) is 10.2 Å². The maximum absolute atomic E-state index is 12.8. The molecule has 0 spiro atoms. The molecule has 98 valence electrons. The Balaban J connectivity index is 2.31. The molecule has 0 unspecified atom stereocenters. The minimum Gasteiger partial charge on any atom is -0.333 e. The summed E-state index contributed by atoms with van der Waals surface area (Å²) in [7, 11) is 0. The summed E-state index contributed by atoms with van der Waals surface area (Å²) in [6.07, 6.45) is 0. The van der Waals surface area contributed by atoms with Gasteiger partial charge in [0.1, 0.15) is 5.82 Å². The van der Waals surface area contributed by atoms with Crippen molar-refractivity contribution in [2.45, 2.75) is 19.5 Å². The van der Waals surface area contributed by atoms with E-state index >= 15 is 0 Å². The minimum absolute atomic E-state index is 0.150. The molecule has 0 saturated heterocycles. The second kappa shape index (κ2) is 6.55. The van der Waals surface area contributed by atoms with Gasteiger partial charge in [0, 0.05) is 6.54 Å². The second-order valence-corrected chi connectivity index (χ2v) is 3.72. The molecule has 0 heterocycles. The van der Waals surface area contributed by atoms with E-state index in [4.69, 9.17) is 5.73 Å². The van der Waals surface area contributed by atoms with Crippen LogP contribution < -0.4 is 21.9 Å². The predicted molar refractivity (Wildman–Crippen MR) is 63.6 cm³/mol. The predicted octanol–water partition coefficient (Wildman–Crippen LogP) is 0.00330. The van der Waals surface area contributed by atoms with E-state index in [1.165, 1.54) is 19.1 Å². The fourth-order valence-corrected chi connectivity index (χ4v) is 1.11. The molecular formula is C11H15FN4O2. The zero-order chi connectivity index (χ0) is 13.5. The number of urea groups is 1. The van der Waals surface area contributed by atoms with Crippen LogP contribution in [0.25, 0.3) is 0 Å². The van der Waals surface area contributed by atoms with E-state index < -0.39 is 18.0 Å². The Morgan fingerprint density at radius 3 is 2.72 bits per heavy atom. The van der Waals surface area contributed by atoms with Gasteiger partial charge in [-0.15, -0.1) is 0 Å². The van der Waals surface area contributed by atoms with Gasteiger partial charge in [-0.25, -0.2) is 14.6 Å². The molecule has 0 aromatic heterocycles. The van der Waals surface area contributed by atoms with Crippen LogP contribution in [0.2, 0.25) is 0 Å². The molecule has 1 rings (SSSR count). The Labute approximate surface area is 104 Å². The van der Waals surface area contributed by atoms with E-state index in [1.54, 1.807) is 12.1 Å². The summed E-state index contributed by atoms with van der Waals surface area (Å²) in [5, 5.41) is 2.45. The van der Waals surface area contributed by atoms with Gasteiger partial charge in [0.15, 0.2) is 0 Å². The minimum atomic E-state index is -0.714. The molecule has 0 aliphatic rings. The summed E-state index contributed by atoms with van der Waals surface area (Å²) < 4.78 is 12.8. The van der Waals surface area contributed by atoms with Crippen LogP contribution in [0.1, 0.15) is 12.5 Å². The lowest BCUT2D eigenvalue weighted by Gasteiger charge is -2.10. The molecule has 6 nitrogen and oxygen atoms in total. The SMILES string of the molecule is C[C@@H](N)C(=O)NNC(=O)NCc1cccc(F)c1. The van der Waals surface area contributed by atoms with Crippen molar-refractivity contribution in [2.75, 3.05) is 0 Å². The van der Waals surface area contributed by atoms with Gasteiger partial charge in [-0.05, 0) is 24.6 Å². The van der Waals surface area contributed by atoms with Crippen molar-refractivity contribution < 1.29 is 14.0 Å². The molecule has 0 bridgehead atoms.